The number of benzene rings is 2. The highest BCUT2D eigenvalue weighted by Crippen LogP contribution is 2.46. The standard InChI is InChI=1S/C17H8Cl2F6N2O2/c18-26-13(28)15(27(19)14(26)29,9-1-5-11(6-2-9)16(20,21)22)10-3-7-12(8-4-10)17(23,24)25/h1-8H. The van der Waals surface area contributed by atoms with Gasteiger partial charge >= 0.3 is 18.4 Å². The maximum absolute atomic E-state index is 12.9. The van der Waals surface area contributed by atoms with Gasteiger partial charge in [0.05, 0.1) is 11.1 Å². The minimum atomic E-state index is -4.67. The third-order valence-electron chi connectivity index (χ3n) is 4.38. The quantitative estimate of drug-likeness (QED) is 0.338. The number of alkyl halides is 6. The van der Waals surface area contributed by atoms with E-state index in [0.29, 0.717) is 28.7 Å². The van der Waals surface area contributed by atoms with Gasteiger partial charge in [-0.1, -0.05) is 24.3 Å². The van der Waals surface area contributed by atoms with Crippen molar-refractivity contribution < 1.29 is 35.9 Å². The van der Waals surface area contributed by atoms with Crippen molar-refractivity contribution in [2.45, 2.75) is 17.9 Å². The Balaban J connectivity index is 2.22. The molecule has 2 aromatic rings. The molecular formula is C17H8Cl2F6N2O2. The topological polar surface area (TPSA) is 40.6 Å². The van der Waals surface area contributed by atoms with Gasteiger partial charge in [0, 0.05) is 23.6 Å². The summed E-state index contributed by atoms with van der Waals surface area (Å²) in [6.45, 7) is 0. The Kier molecular flexibility index (Phi) is 4.99. The Morgan fingerprint density at radius 3 is 1.28 bits per heavy atom. The van der Waals surface area contributed by atoms with Crippen LogP contribution in [0.15, 0.2) is 48.5 Å². The Bertz CT molecular complexity index is 900. The molecule has 1 heterocycles. The Hall–Kier alpha value is -2.46. The van der Waals surface area contributed by atoms with E-state index >= 15 is 0 Å². The van der Waals surface area contributed by atoms with Gasteiger partial charge < -0.3 is 0 Å². The van der Waals surface area contributed by atoms with Crippen LogP contribution in [0.3, 0.4) is 0 Å². The molecule has 1 saturated heterocycles. The molecule has 0 radical (unpaired) electrons. The van der Waals surface area contributed by atoms with Gasteiger partial charge in [-0.05, 0) is 35.4 Å². The molecule has 0 saturated carbocycles. The van der Waals surface area contributed by atoms with Gasteiger partial charge in [0.2, 0.25) is 0 Å². The zero-order valence-corrected chi connectivity index (χ0v) is 15.4. The fourth-order valence-electron chi connectivity index (χ4n) is 2.97. The van der Waals surface area contributed by atoms with Crippen LogP contribution in [-0.2, 0) is 22.7 Å². The van der Waals surface area contributed by atoms with E-state index in [4.69, 9.17) is 23.6 Å². The first-order valence-corrected chi connectivity index (χ1v) is 8.34. The zero-order chi connectivity index (χ0) is 21.8. The Morgan fingerprint density at radius 1 is 0.690 bits per heavy atom. The van der Waals surface area contributed by atoms with E-state index < -0.39 is 41.0 Å². The molecule has 0 atom stereocenters. The lowest BCUT2D eigenvalue weighted by atomic mass is 9.82. The molecule has 29 heavy (non-hydrogen) atoms. The fraction of sp³-hybridized carbons (Fsp3) is 0.176. The second kappa shape index (κ2) is 6.81. The van der Waals surface area contributed by atoms with Crippen molar-refractivity contribution in [3.8, 4) is 0 Å². The van der Waals surface area contributed by atoms with Crippen molar-refractivity contribution in [3.05, 3.63) is 70.8 Å². The summed E-state index contributed by atoms with van der Waals surface area (Å²) in [5, 5.41) is 0. The first kappa shape index (κ1) is 21.3. The molecule has 1 aliphatic heterocycles. The molecule has 0 bridgehead atoms. The number of urea groups is 1. The lowest BCUT2D eigenvalue weighted by molar-refractivity contribution is -0.138. The van der Waals surface area contributed by atoms with Gasteiger partial charge in [0.1, 0.15) is 0 Å². The normalized spacial score (nSPS) is 17.2. The maximum Gasteiger partial charge on any atom is 0.416 e. The predicted octanol–water partition coefficient (Wildman–Crippen LogP) is 5.54. The molecule has 0 unspecified atom stereocenters. The molecule has 2 aromatic carbocycles. The summed E-state index contributed by atoms with van der Waals surface area (Å²) in [7, 11) is 0. The van der Waals surface area contributed by atoms with Crippen molar-refractivity contribution in [1.29, 1.82) is 0 Å². The molecule has 3 rings (SSSR count). The number of amides is 3. The van der Waals surface area contributed by atoms with E-state index in [1.165, 1.54) is 0 Å². The van der Waals surface area contributed by atoms with Crippen LogP contribution >= 0.6 is 23.6 Å². The van der Waals surface area contributed by atoms with Crippen LogP contribution in [0.25, 0.3) is 0 Å². The van der Waals surface area contributed by atoms with Crippen molar-refractivity contribution in [2.75, 3.05) is 0 Å². The minimum Gasteiger partial charge on any atom is -0.269 e. The molecule has 0 aliphatic carbocycles. The first-order chi connectivity index (χ1) is 13.3. The van der Waals surface area contributed by atoms with Crippen molar-refractivity contribution in [1.82, 2.24) is 8.84 Å². The molecule has 12 heteroatoms. The van der Waals surface area contributed by atoms with Crippen LogP contribution in [0, 0.1) is 0 Å². The smallest absolute Gasteiger partial charge is 0.269 e. The van der Waals surface area contributed by atoms with Crippen LogP contribution in [0.5, 0.6) is 0 Å². The summed E-state index contributed by atoms with van der Waals surface area (Å²) < 4.78 is 77.6. The lowest BCUT2D eigenvalue weighted by Gasteiger charge is -2.31. The zero-order valence-electron chi connectivity index (χ0n) is 13.9. The summed E-state index contributed by atoms with van der Waals surface area (Å²) in [5.41, 5.74) is -4.72. The van der Waals surface area contributed by atoms with Crippen LogP contribution in [-0.4, -0.2) is 20.8 Å². The van der Waals surface area contributed by atoms with Gasteiger partial charge in [-0.15, -0.1) is 0 Å². The van der Waals surface area contributed by atoms with E-state index in [9.17, 15) is 35.9 Å². The number of imide groups is 1. The fourth-order valence-corrected chi connectivity index (χ4v) is 3.55. The molecule has 0 aromatic heterocycles. The SMILES string of the molecule is O=C1N(Cl)C(=O)C(c2ccc(C(F)(F)F)cc2)(c2ccc(C(F)(F)F)cc2)N1Cl. The Labute approximate surface area is 169 Å². The second-order valence-electron chi connectivity index (χ2n) is 6.01. The van der Waals surface area contributed by atoms with Gasteiger partial charge in [0.15, 0.2) is 5.54 Å². The van der Waals surface area contributed by atoms with Crippen LogP contribution in [0.2, 0.25) is 0 Å². The molecule has 0 N–H and O–H groups in total. The number of hydrogen-bond donors (Lipinski definition) is 0. The van der Waals surface area contributed by atoms with Crippen LogP contribution < -0.4 is 0 Å². The van der Waals surface area contributed by atoms with Crippen molar-refractivity contribution in [3.63, 3.8) is 0 Å². The highest BCUT2D eigenvalue weighted by Gasteiger charge is 2.60. The van der Waals surface area contributed by atoms with Crippen LogP contribution in [0.1, 0.15) is 22.3 Å². The van der Waals surface area contributed by atoms with Crippen molar-refractivity contribution in [2.24, 2.45) is 0 Å². The highest BCUT2D eigenvalue weighted by atomic mass is 35.5. The van der Waals surface area contributed by atoms with E-state index in [2.05, 4.69) is 0 Å². The molecule has 154 valence electrons. The molecule has 3 amide bonds. The van der Waals surface area contributed by atoms with E-state index in [1.54, 1.807) is 0 Å². The van der Waals surface area contributed by atoms with Crippen molar-refractivity contribution >= 4 is 35.5 Å². The summed E-state index contributed by atoms with van der Waals surface area (Å²) in [4.78, 5) is 25.0. The third-order valence-corrected chi connectivity index (χ3v) is 5.07. The summed E-state index contributed by atoms with van der Waals surface area (Å²) in [5.74, 6) is -1.15. The molecule has 4 nitrogen and oxygen atoms in total. The first-order valence-electron chi connectivity index (χ1n) is 7.67. The Morgan fingerprint density at radius 2 is 1.03 bits per heavy atom. The van der Waals surface area contributed by atoms with Gasteiger partial charge in [-0.2, -0.15) is 30.8 Å². The number of rotatable bonds is 2. The van der Waals surface area contributed by atoms with Gasteiger partial charge in [-0.25, -0.2) is 9.21 Å². The van der Waals surface area contributed by atoms with Gasteiger partial charge in [0.25, 0.3) is 5.91 Å². The lowest BCUT2D eigenvalue weighted by Crippen LogP contribution is -2.43. The number of nitrogens with zero attached hydrogens (tertiary/aromatic N) is 2. The number of halogens is 8. The number of hydrogen-bond acceptors (Lipinski definition) is 2. The molecule has 1 fully saturated rings. The average Bonchev–Trinajstić information content (AvgIpc) is 2.82. The number of carbonyl (C=O) groups excluding carboxylic acids is 2. The summed E-state index contributed by atoms with van der Waals surface area (Å²) >= 11 is 11.6. The second-order valence-corrected chi connectivity index (χ2v) is 6.69. The average molecular weight is 457 g/mol. The van der Waals surface area contributed by atoms with Crippen LogP contribution in [0.4, 0.5) is 31.1 Å². The molecule has 1 aliphatic rings. The molecular weight excluding hydrogens is 449 g/mol. The third kappa shape index (κ3) is 3.29. The van der Waals surface area contributed by atoms with E-state index in [-0.39, 0.29) is 15.5 Å². The minimum absolute atomic E-state index is 0.113. The summed E-state index contributed by atoms with van der Waals surface area (Å²) in [6.07, 6.45) is -9.34. The highest BCUT2D eigenvalue weighted by molar-refractivity contribution is 6.39. The largest absolute Gasteiger partial charge is 0.416 e. The van der Waals surface area contributed by atoms with E-state index in [0.717, 1.165) is 24.3 Å². The summed E-state index contributed by atoms with van der Waals surface area (Å²) in [6, 6.07) is 5.00. The monoisotopic (exact) mass is 456 g/mol. The van der Waals surface area contributed by atoms with E-state index in [1.807, 2.05) is 0 Å². The number of carbonyl (C=O) groups is 2. The van der Waals surface area contributed by atoms with Gasteiger partial charge in [-0.3, -0.25) is 4.79 Å². The molecule has 0 spiro atoms. The predicted molar refractivity (Wildman–Crippen MR) is 89.5 cm³/mol. The maximum atomic E-state index is 12.9.